The van der Waals surface area contributed by atoms with E-state index in [2.05, 4.69) is 31.1 Å². The van der Waals surface area contributed by atoms with Gasteiger partial charge in [-0.15, -0.1) is 0 Å². The zero-order chi connectivity index (χ0) is 14.4. The second-order valence-electron chi connectivity index (χ2n) is 4.76. The van der Waals surface area contributed by atoms with Gasteiger partial charge >= 0.3 is 5.97 Å². The van der Waals surface area contributed by atoms with Gasteiger partial charge in [-0.05, 0) is 33.0 Å². The van der Waals surface area contributed by atoms with Crippen LogP contribution in [0.4, 0.5) is 11.4 Å². The number of methoxy groups -OCH3 is 1. The molecule has 19 heavy (non-hydrogen) atoms. The molecule has 0 aliphatic rings. The van der Waals surface area contributed by atoms with Gasteiger partial charge in [-0.3, -0.25) is 0 Å². The normalized spacial score (nSPS) is 10.8. The molecule has 0 heterocycles. The minimum atomic E-state index is -0.382. The van der Waals surface area contributed by atoms with Crippen LogP contribution in [0, 0.1) is 0 Å². The molecule has 0 unspecified atom stereocenters. The Morgan fingerprint density at radius 2 is 2.16 bits per heavy atom. The molecule has 0 aliphatic heterocycles. The van der Waals surface area contributed by atoms with Crippen LogP contribution in [0.3, 0.4) is 0 Å². The molecule has 1 aromatic rings. The van der Waals surface area contributed by atoms with Crippen molar-refractivity contribution in [3.05, 3.63) is 23.8 Å². The molecule has 0 aliphatic carbocycles. The van der Waals surface area contributed by atoms with Gasteiger partial charge in [0.1, 0.15) is 0 Å². The Bertz CT molecular complexity index is 433. The SMILES string of the molecule is COC(=O)c1cccc(N)c1NCCN(C)C(C)C. The Hall–Kier alpha value is -1.75. The van der Waals surface area contributed by atoms with Gasteiger partial charge in [0.15, 0.2) is 0 Å². The Labute approximate surface area is 114 Å². The van der Waals surface area contributed by atoms with Gasteiger partial charge in [0.25, 0.3) is 0 Å². The fraction of sp³-hybridized carbons (Fsp3) is 0.500. The Morgan fingerprint density at radius 1 is 1.47 bits per heavy atom. The van der Waals surface area contributed by atoms with Crippen LogP contribution in [-0.4, -0.2) is 44.2 Å². The van der Waals surface area contributed by atoms with E-state index in [1.54, 1.807) is 18.2 Å². The zero-order valence-corrected chi connectivity index (χ0v) is 12.1. The van der Waals surface area contributed by atoms with Crippen LogP contribution < -0.4 is 11.1 Å². The van der Waals surface area contributed by atoms with Crippen molar-refractivity contribution >= 4 is 17.3 Å². The van der Waals surface area contributed by atoms with E-state index >= 15 is 0 Å². The number of likely N-dealkylation sites (N-methyl/N-ethyl adjacent to an activating group) is 1. The van der Waals surface area contributed by atoms with Crippen LogP contribution in [-0.2, 0) is 4.74 Å². The number of anilines is 2. The van der Waals surface area contributed by atoms with Crippen molar-refractivity contribution in [2.45, 2.75) is 19.9 Å². The first-order chi connectivity index (χ1) is 8.97. The number of para-hydroxylation sites is 1. The molecule has 0 radical (unpaired) electrons. The Morgan fingerprint density at radius 3 is 2.74 bits per heavy atom. The zero-order valence-electron chi connectivity index (χ0n) is 12.1. The Balaban J connectivity index is 2.74. The number of hydrogen-bond donors (Lipinski definition) is 2. The van der Waals surface area contributed by atoms with Crippen molar-refractivity contribution in [1.82, 2.24) is 4.90 Å². The summed E-state index contributed by atoms with van der Waals surface area (Å²) in [5.74, 6) is -0.382. The van der Waals surface area contributed by atoms with Crippen LogP contribution in [0.2, 0.25) is 0 Å². The Kier molecular flexibility index (Phi) is 5.63. The molecular formula is C14H23N3O2. The van der Waals surface area contributed by atoms with E-state index in [1.807, 2.05) is 0 Å². The van der Waals surface area contributed by atoms with Gasteiger partial charge in [-0.2, -0.15) is 0 Å². The van der Waals surface area contributed by atoms with E-state index in [1.165, 1.54) is 7.11 Å². The lowest BCUT2D eigenvalue weighted by atomic mass is 10.1. The van der Waals surface area contributed by atoms with Crippen LogP contribution in [0.5, 0.6) is 0 Å². The molecule has 1 rings (SSSR count). The van der Waals surface area contributed by atoms with Crippen molar-refractivity contribution in [3.8, 4) is 0 Å². The quantitative estimate of drug-likeness (QED) is 0.606. The minimum Gasteiger partial charge on any atom is -0.465 e. The third-order valence-electron chi connectivity index (χ3n) is 3.15. The molecule has 0 saturated heterocycles. The lowest BCUT2D eigenvalue weighted by molar-refractivity contribution is 0.0602. The summed E-state index contributed by atoms with van der Waals surface area (Å²) in [6, 6.07) is 5.69. The molecule has 106 valence electrons. The molecule has 1 aromatic carbocycles. The van der Waals surface area contributed by atoms with Gasteiger partial charge in [0.05, 0.1) is 24.0 Å². The molecule has 3 N–H and O–H groups in total. The van der Waals surface area contributed by atoms with Gasteiger partial charge in [-0.25, -0.2) is 4.79 Å². The van der Waals surface area contributed by atoms with E-state index in [9.17, 15) is 4.79 Å². The van der Waals surface area contributed by atoms with Gasteiger partial charge in [0, 0.05) is 19.1 Å². The van der Waals surface area contributed by atoms with Crippen LogP contribution >= 0.6 is 0 Å². The summed E-state index contributed by atoms with van der Waals surface area (Å²) in [6.45, 7) is 5.85. The predicted molar refractivity (Wildman–Crippen MR) is 78.4 cm³/mol. The maximum atomic E-state index is 11.7. The number of rotatable bonds is 6. The van der Waals surface area contributed by atoms with E-state index < -0.39 is 0 Å². The molecule has 5 heteroatoms. The molecule has 0 spiro atoms. The molecule has 0 atom stereocenters. The number of esters is 1. The average Bonchev–Trinajstić information content (AvgIpc) is 2.39. The van der Waals surface area contributed by atoms with Crippen molar-refractivity contribution in [2.24, 2.45) is 0 Å². The molecule has 0 amide bonds. The number of nitrogens with two attached hydrogens (primary N) is 1. The molecule has 0 aromatic heterocycles. The number of nitrogens with zero attached hydrogens (tertiary/aromatic N) is 1. The van der Waals surface area contributed by atoms with Crippen molar-refractivity contribution in [3.63, 3.8) is 0 Å². The van der Waals surface area contributed by atoms with Crippen molar-refractivity contribution in [1.29, 1.82) is 0 Å². The summed E-state index contributed by atoms with van der Waals surface area (Å²) in [4.78, 5) is 13.9. The van der Waals surface area contributed by atoms with Gasteiger partial charge < -0.3 is 20.7 Å². The summed E-state index contributed by atoms with van der Waals surface area (Å²) in [7, 11) is 3.42. The van der Waals surface area contributed by atoms with Crippen molar-refractivity contribution in [2.75, 3.05) is 38.3 Å². The fourth-order valence-electron chi connectivity index (χ4n) is 1.66. The highest BCUT2D eigenvalue weighted by atomic mass is 16.5. The molecular weight excluding hydrogens is 242 g/mol. The van der Waals surface area contributed by atoms with Crippen LogP contribution in [0.25, 0.3) is 0 Å². The molecule has 0 fully saturated rings. The minimum absolute atomic E-state index is 0.382. The van der Waals surface area contributed by atoms with Crippen LogP contribution in [0.15, 0.2) is 18.2 Å². The van der Waals surface area contributed by atoms with Crippen molar-refractivity contribution < 1.29 is 9.53 Å². The lowest BCUT2D eigenvalue weighted by Gasteiger charge is -2.22. The average molecular weight is 265 g/mol. The summed E-state index contributed by atoms with van der Waals surface area (Å²) < 4.78 is 4.75. The maximum Gasteiger partial charge on any atom is 0.340 e. The summed E-state index contributed by atoms with van der Waals surface area (Å²) in [6.07, 6.45) is 0. The maximum absolute atomic E-state index is 11.7. The monoisotopic (exact) mass is 265 g/mol. The highest BCUT2D eigenvalue weighted by molar-refractivity contribution is 5.98. The number of nitrogen functional groups attached to an aromatic ring is 1. The second kappa shape index (κ2) is 6.99. The first-order valence-electron chi connectivity index (χ1n) is 6.38. The standard InChI is InChI=1S/C14H23N3O2/c1-10(2)17(3)9-8-16-13-11(14(18)19-4)6-5-7-12(13)15/h5-7,10,16H,8-9,15H2,1-4H3. The highest BCUT2D eigenvalue weighted by Crippen LogP contribution is 2.23. The van der Waals surface area contributed by atoms with E-state index in [0.717, 1.165) is 6.54 Å². The molecule has 0 bridgehead atoms. The van der Waals surface area contributed by atoms with E-state index in [4.69, 9.17) is 10.5 Å². The van der Waals surface area contributed by atoms with E-state index in [0.29, 0.717) is 29.5 Å². The predicted octanol–water partition coefficient (Wildman–Crippen LogP) is 1.81. The number of carbonyl (C=O) groups excluding carboxylic acids is 1. The molecule has 5 nitrogen and oxygen atoms in total. The third-order valence-corrected chi connectivity index (χ3v) is 3.15. The number of hydrogen-bond acceptors (Lipinski definition) is 5. The van der Waals surface area contributed by atoms with Crippen LogP contribution in [0.1, 0.15) is 24.2 Å². The fourth-order valence-corrected chi connectivity index (χ4v) is 1.66. The second-order valence-corrected chi connectivity index (χ2v) is 4.76. The highest BCUT2D eigenvalue weighted by Gasteiger charge is 2.14. The number of ether oxygens (including phenoxy) is 1. The third kappa shape index (κ3) is 4.13. The number of benzene rings is 1. The summed E-state index contributed by atoms with van der Waals surface area (Å²) in [5, 5.41) is 3.22. The number of nitrogens with one attached hydrogen (secondary N) is 1. The lowest BCUT2D eigenvalue weighted by Crippen LogP contribution is -2.31. The van der Waals surface area contributed by atoms with Gasteiger partial charge in [-0.1, -0.05) is 6.07 Å². The summed E-state index contributed by atoms with van der Waals surface area (Å²) in [5.41, 5.74) is 7.57. The topological polar surface area (TPSA) is 67.6 Å². The smallest absolute Gasteiger partial charge is 0.340 e. The van der Waals surface area contributed by atoms with Gasteiger partial charge in [0.2, 0.25) is 0 Å². The summed E-state index contributed by atoms with van der Waals surface area (Å²) >= 11 is 0. The van der Waals surface area contributed by atoms with E-state index in [-0.39, 0.29) is 5.97 Å². The largest absolute Gasteiger partial charge is 0.465 e. The molecule has 0 saturated carbocycles. The first-order valence-corrected chi connectivity index (χ1v) is 6.38. The number of carbonyl (C=O) groups is 1. The first kappa shape index (κ1) is 15.3.